The number of para-hydroxylation sites is 1. The third kappa shape index (κ3) is 4.81. The lowest BCUT2D eigenvalue weighted by Crippen LogP contribution is -2.34. The Morgan fingerprint density at radius 3 is 2.47 bits per heavy atom. The zero-order valence-electron chi connectivity index (χ0n) is 8.61. The largest absolute Gasteiger partial charge is 0.473 e. The first kappa shape index (κ1) is 14.7. The fourth-order valence-corrected chi connectivity index (χ4v) is 1.72. The van der Waals surface area contributed by atoms with Crippen molar-refractivity contribution in [2.24, 2.45) is 0 Å². The Labute approximate surface area is 125 Å². The molecule has 0 amide bonds. The molecule has 0 N–H and O–H groups in total. The van der Waals surface area contributed by atoms with E-state index >= 15 is 0 Å². The highest BCUT2D eigenvalue weighted by molar-refractivity contribution is 9.26. The molecule has 1 atom stereocenters. The zero-order valence-corrected chi connectivity index (χ0v) is 13.4. The average Bonchev–Trinajstić information content (AvgIpc) is 2.29. The highest BCUT2D eigenvalue weighted by Gasteiger charge is 2.37. The van der Waals surface area contributed by atoms with E-state index < -0.39 is 14.4 Å². The van der Waals surface area contributed by atoms with Crippen LogP contribution in [0.4, 0.5) is 0 Å². The Hall–Kier alpha value is -0.330. The monoisotopic (exact) mass is 426 g/mol. The van der Waals surface area contributed by atoms with E-state index in [0.29, 0.717) is 5.75 Å². The Morgan fingerprint density at radius 1 is 1.35 bits per heavy atom. The van der Waals surface area contributed by atoms with E-state index in [2.05, 4.69) is 54.4 Å². The van der Waals surface area contributed by atoms with Crippen LogP contribution < -0.4 is 4.74 Å². The van der Waals surface area contributed by atoms with Crippen LogP contribution in [-0.4, -0.2) is 14.4 Å². The lowest BCUT2D eigenvalue weighted by Gasteiger charge is -2.26. The minimum Gasteiger partial charge on any atom is -0.473 e. The average molecular weight is 429 g/mol. The Kier molecular flexibility index (Phi) is 5.69. The van der Waals surface area contributed by atoms with E-state index in [-0.39, 0.29) is 0 Å². The van der Waals surface area contributed by atoms with Crippen molar-refractivity contribution in [2.45, 2.75) is 8.43 Å². The second-order valence-corrected chi connectivity index (χ2v) is 7.19. The number of hydrogen-bond donors (Lipinski definition) is 0. The van der Waals surface area contributed by atoms with Crippen molar-refractivity contribution in [1.29, 1.82) is 0 Å². The molecule has 0 aromatic heterocycles. The van der Waals surface area contributed by atoms with Crippen LogP contribution in [-0.2, 0) is 9.53 Å². The molecule has 1 aromatic rings. The summed E-state index contributed by atoms with van der Waals surface area (Å²) in [6, 6.07) is 9.15. The van der Waals surface area contributed by atoms with Crippen LogP contribution in [0.25, 0.3) is 0 Å². The highest BCUT2D eigenvalue weighted by atomic mass is 79.9. The van der Waals surface area contributed by atoms with E-state index in [1.807, 2.05) is 18.2 Å². The fraction of sp³-hybridized carbons (Fsp3) is 0.182. The molecule has 3 nitrogen and oxygen atoms in total. The predicted octanol–water partition coefficient (Wildman–Crippen LogP) is 3.96. The molecule has 0 bridgehead atoms. The second kappa shape index (κ2) is 6.56. The molecular weight excluding hydrogens is 420 g/mol. The summed E-state index contributed by atoms with van der Waals surface area (Å²) in [6.45, 7) is 3.32. The molecule has 0 spiro atoms. The summed E-state index contributed by atoms with van der Waals surface area (Å²) in [6.07, 6.45) is 1.07. The summed E-state index contributed by atoms with van der Waals surface area (Å²) < 4.78 is 9.40. The number of alkyl halides is 3. The van der Waals surface area contributed by atoms with Gasteiger partial charge in [0.05, 0.1) is 0 Å². The van der Waals surface area contributed by atoms with E-state index in [4.69, 9.17) is 9.47 Å². The van der Waals surface area contributed by atoms with Gasteiger partial charge in [0.1, 0.15) is 5.75 Å². The molecule has 6 heteroatoms. The molecule has 0 radical (unpaired) electrons. The van der Waals surface area contributed by atoms with Gasteiger partial charge in [-0.2, -0.15) is 0 Å². The standard InChI is InChI=1S/C11H9Br3O3/c1-2-9(15)17-11(13,14)10(12)16-8-6-4-3-5-7-8/h2-7,10H,1H2. The molecule has 1 unspecified atom stereocenters. The maximum atomic E-state index is 11.1. The van der Waals surface area contributed by atoms with Crippen LogP contribution in [0.3, 0.4) is 0 Å². The number of esters is 1. The number of carbonyl (C=O) groups is 1. The maximum Gasteiger partial charge on any atom is 0.332 e. The van der Waals surface area contributed by atoms with Gasteiger partial charge in [0.25, 0.3) is 3.42 Å². The van der Waals surface area contributed by atoms with E-state index in [1.165, 1.54) is 0 Å². The third-order valence-corrected chi connectivity index (χ3v) is 4.87. The maximum absolute atomic E-state index is 11.1. The number of benzene rings is 1. The molecule has 0 saturated heterocycles. The number of halogens is 3. The lowest BCUT2D eigenvalue weighted by molar-refractivity contribution is -0.141. The van der Waals surface area contributed by atoms with Gasteiger partial charge in [-0.15, -0.1) is 0 Å². The highest BCUT2D eigenvalue weighted by Crippen LogP contribution is 2.37. The van der Waals surface area contributed by atoms with Gasteiger partial charge in [-0.05, 0) is 59.9 Å². The first-order valence-corrected chi connectivity index (χ1v) is 7.05. The zero-order chi connectivity index (χ0) is 12.9. The molecule has 1 aromatic carbocycles. The summed E-state index contributed by atoms with van der Waals surface area (Å²) in [5.74, 6) is 0.0761. The number of ether oxygens (including phenoxy) is 2. The molecule has 0 heterocycles. The predicted molar refractivity (Wildman–Crippen MR) is 76.7 cm³/mol. The first-order chi connectivity index (χ1) is 7.95. The van der Waals surface area contributed by atoms with Crippen LogP contribution in [0.2, 0.25) is 0 Å². The van der Waals surface area contributed by atoms with Crippen molar-refractivity contribution in [3.8, 4) is 5.75 Å². The quantitative estimate of drug-likeness (QED) is 0.404. The van der Waals surface area contributed by atoms with Crippen molar-refractivity contribution < 1.29 is 14.3 Å². The van der Waals surface area contributed by atoms with Crippen LogP contribution >= 0.6 is 47.8 Å². The number of carbonyl (C=O) groups excluding carboxylic acids is 1. The van der Waals surface area contributed by atoms with Crippen molar-refractivity contribution >= 4 is 53.8 Å². The normalized spacial score (nSPS) is 12.6. The second-order valence-electron chi connectivity index (χ2n) is 2.93. The van der Waals surface area contributed by atoms with E-state index in [1.54, 1.807) is 12.1 Å². The summed E-state index contributed by atoms with van der Waals surface area (Å²) in [7, 11) is 0. The van der Waals surface area contributed by atoms with Gasteiger partial charge >= 0.3 is 5.97 Å². The Bertz CT molecular complexity index is 392. The van der Waals surface area contributed by atoms with Gasteiger partial charge < -0.3 is 9.47 Å². The third-order valence-electron chi connectivity index (χ3n) is 1.65. The lowest BCUT2D eigenvalue weighted by atomic mass is 10.3. The van der Waals surface area contributed by atoms with Gasteiger partial charge in [0, 0.05) is 6.08 Å². The number of hydrogen-bond acceptors (Lipinski definition) is 3. The molecule has 92 valence electrons. The fourth-order valence-electron chi connectivity index (χ4n) is 0.909. The van der Waals surface area contributed by atoms with Gasteiger partial charge in [-0.1, -0.05) is 24.8 Å². The summed E-state index contributed by atoms with van der Waals surface area (Å²) >= 11 is 9.67. The summed E-state index contributed by atoms with van der Waals surface area (Å²) in [5, 5.41) is -0.610. The summed E-state index contributed by atoms with van der Waals surface area (Å²) in [4.78, 5) is 11.1. The van der Waals surface area contributed by atoms with Crippen molar-refractivity contribution in [1.82, 2.24) is 0 Å². The van der Waals surface area contributed by atoms with Gasteiger partial charge in [0.15, 0.2) is 0 Å². The van der Waals surface area contributed by atoms with E-state index in [9.17, 15) is 4.79 Å². The van der Waals surface area contributed by atoms with Gasteiger partial charge in [-0.25, -0.2) is 4.79 Å². The first-order valence-electron chi connectivity index (χ1n) is 4.54. The van der Waals surface area contributed by atoms with Crippen molar-refractivity contribution in [2.75, 3.05) is 0 Å². The summed E-state index contributed by atoms with van der Waals surface area (Å²) in [5.41, 5.74) is 0. The SMILES string of the molecule is C=CC(=O)OC(Br)(Br)C(Br)Oc1ccccc1. The van der Waals surface area contributed by atoms with Gasteiger partial charge in [0.2, 0.25) is 5.01 Å². The minimum atomic E-state index is -1.17. The van der Waals surface area contributed by atoms with Crippen LogP contribution in [0.1, 0.15) is 0 Å². The van der Waals surface area contributed by atoms with Crippen LogP contribution in [0, 0.1) is 0 Å². The number of rotatable bonds is 5. The molecule has 0 aliphatic heterocycles. The Morgan fingerprint density at radius 2 is 1.94 bits per heavy atom. The minimum absolute atomic E-state index is 0.570. The van der Waals surface area contributed by atoms with Crippen molar-refractivity contribution in [3.05, 3.63) is 43.0 Å². The van der Waals surface area contributed by atoms with Crippen molar-refractivity contribution in [3.63, 3.8) is 0 Å². The molecule has 0 aliphatic rings. The molecule has 17 heavy (non-hydrogen) atoms. The van der Waals surface area contributed by atoms with Gasteiger partial charge in [-0.3, -0.25) is 0 Å². The smallest absolute Gasteiger partial charge is 0.332 e. The molecule has 1 rings (SSSR count). The van der Waals surface area contributed by atoms with Crippen LogP contribution in [0.15, 0.2) is 43.0 Å². The molecular formula is C11H9Br3O3. The molecule has 0 saturated carbocycles. The molecule has 0 aliphatic carbocycles. The van der Waals surface area contributed by atoms with Crippen LogP contribution in [0.5, 0.6) is 5.75 Å². The topological polar surface area (TPSA) is 35.5 Å². The van der Waals surface area contributed by atoms with E-state index in [0.717, 1.165) is 6.08 Å². The Balaban J connectivity index is 2.65. The molecule has 0 fully saturated rings.